The van der Waals surface area contributed by atoms with Gasteiger partial charge in [0.05, 0.1) is 11.3 Å². The van der Waals surface area contributed by atoms with Gasteiger partial charge in [0.1, 0.15) is 11.1 Å². The SMILES string of the molecule is Cc1cccc(-c2nnc(SCC(=O)Nc3sc4c(c3C#N)CC[C@H](C(C)(C)C)C4)n2-c2ccccc2)c1. The number of hydrogen-bond acceptors (Lipinski definition) is 6. The Morgan fingerprint density at radius 1 is 1.18 bits per heavy atom. The molecule has 2 aromatic heterocycles. The maximum absolute atomic E-state index is 13.1. The largest absolute Gasteiger partial charge is 0.316 e. The molecule has 0 unspecified atom stereocenters. The summed E-state index contributed by atoms with van der Waals surface area (Å²) in [6, 6.07) is 20.4. The highest BCUT2D eigenvalue weighted by molar-refractivity contribution is 7.99. The molecular formula is C30H31N5OS2. The van der Waals surface area contributed by atoms with Crippen LogP contribution < -0.4 is 5.32 Å². The van der Waals surface area contributed by atoms with Crippen molar-refractivity contribution in [2.24, 2.45) is 11.3 Å². The summed E-state index contributed by atoms with van der Waals surface area (Å²) in [5, 5.41) is 23.1. The van der Waals surface area contributed by atoms with Gasteiger partial charge in [0.15, 0.2) is 11.0 Å². The first-order valence-electron chi connectivity index (χ1n) is 12.8. The number of fused-ring (bicyclic) bond motifs is 1. The second kappa shape index (κ2) is 10.8. The summed E-state index contributed by atoms with van der Waals surface area (Å²) in [4.78, 5) is 14.3. The second-order valence-corrected chi connectivity index (χ2v) is 12.9. The highest BCUT2D eigenvalue weighted by Crippen LogP contribution is 2.44. The van der Waals surface area contributed by atoms with Gasteiger partial charge in [0.2, 0.25) is 5.91 Å². The zero-order chi connectivity index (χ0) is 26.9. The van der Waals surface area contributed by atoms with Crippen molar-refractivity contribution >= 4 is 34.0 Å². The minimum atomic E-state index is -0.155. The lowest BCUT2D eigenvalue weighted by atomic mass is 9.72. The molecule has 0 bridgehead atoms. The third-order valence-corrected chi connectivity index (χ3v) is 9.21. The summed E-state index contributed by atoms with van der Waals surface area (Å²) >= 11 is 2.90. The quantitative estimate of drug-likeness (QED) is 0.264. The van der Waals surface area contributed by atoms with Gasteiger partial charge < -0.3 is 5.32 Å². The number of nitriles is 1. The predicted octanol–water partition coefficient (Wildman–Crippen LogP) is 7.06. The van der Waals surface area contributed by atoms with E-state index < -0.39 is 0 Å². The van der Waals surface area contributed by atoms with Gasteiger partial charge in [0, 0.05) is 16.1 Å². The van der Waals surface area contributed by atoms with Crippen LogP contribution in [0.5, 0.6) is 0 Å². The van der Waals surface area contributed by atoms with Gasteiger partial charge in [-0.3, -0.25) is 9.36 Å². The Hall–Kier alpha value is -3.41. The van der Waals surface area contributed by atoms with Gasteiger partial charge in [-0.1, -0.05) is 74.5 Å². The van der Waals surface area contributed by atoms with Crippen LogP contribution in [-0.4, -0.2) is 26.4 Å². The smallest absolute Gasteiger partial charge is 0.235 e. The lowest BCUT2D eigenvalue weighted by Crippen LogP contribution is -2.26. The molecule has 194 valence electrons. The van der Waals surface area contributed by atoms with Crippen LogP contribution in [0, 0.1) is 29.6 Å². The summed E-state index contributed by atoms with van der Waals surface area (Å²) in [5.74, 6) is 1.31. The number of thioether (sulfide) groups is 1. The number of carbonyl (C=O) groups excluding carboxylic acids is 1. The Labute approximate surface area is 232 Å². The monoisotopic (exact) mass is 541 g/mol. The Kier molecular flexibility index (Phi) is 7.42. The fourth-order valence-electron chi connectivity index (χ4n) is 4.97. The molecule has 8 heteroatoms. The summed E-state index contributed by atoms with van der Waals surface area (Å²) in [7, 11) is 0. The van der Waals surface area contributed by atoms with Crippen molar-refractivity contribution in [2.45, 2.75) is 52.1 Å². The second-order valence-electron chi connectivity index (χ2n) is 10.8. The number of nitrogens with zero attached hydrogens (tertiary/aromatic N) is 4. The van der Waals surface area contributed by atoms with Crippen molar-refractivity contribution in [3.05, 3.63) is 76.2 Å². The molecule has 2 aromatic carbocycles. The van der Waals surface area contributed by atoms with Crippen molar-refractivity contribution in [2.75, 3.05) is 11.1 Å². The molecule has 1 amide bonds. The molecular weight excluding hydrogens is 510 g/mol. The number of carbonyl (C=O) groups is 1. The summed E-state index contributed by atoms with van der Waals surface area (Å²) in [6.45, 7) is 8.88. The zero-order valence-corrected chi connectivity index (χ0v) is 23.7. The minimum absolute atomic E-state index is 0.155. The Bertz CT molecular complexity index is 1510. The lowest BCUT2D eigenvalue weighted by Gasteiger charge is -2.33. The Morgan fingerprint density at radius 3 is 2.68 bits per heavy atom. The van der Waals surface area contributed by atoms with Crippen LogP contribution >= 0.6 is 23.1 Å². The minimum Gasteiger partial charge on any atom is -0.316 e. The Balaban J connectivity index is 1.36. The number of hydrogen-bond donors (Lipinski definition) is 1. The van der Waals surface area contributed by atoms with E-state index in [9.17, 15) is 10.1 Å². The molecule has 0 spiro atoms. The van der Waals surface area contributed by atoms with E-state index in [1.54, 1.807) is 11.3 Å². The van der Waals surface area contributed by atoms with E-state index >= 15 is 0 Å². The number of anilines is 1. The molecule has 1 aliphatic rings. The molecule has 0 saturated carbocycles. The van der Waals surface area contributed by atoms with E-state index in [1.807, 2.05) is 60.0 Å². The molecule has 1 N–H and O–H groups in total. The van der Waals surface area contributed by atoms with Crippen molar-refractivity contribution < 1.29 is 4.79 Å². The van der Waals surface area contributed by atoms with E-state index in [-0.39, 0.29) is 17.1 Å². The average molecular weight is 542 g/mol. The summed E-state index contributed by atoms with van der Waals surface area (Å²) < 4.78 is 1.99. The van der Waals surface area contributed by atoms with Crippen molar-refractivity contribution in [3.8, 4) is 23.1 Å². The molecule has 0 aliphatic heterocycles. The first-order chi connectivity index (χ1) is 18.2. The number of thiophene rings is 1. The third kappa shape index (κ3) is 5.40. The van der Waals surface area contributed by atoms with E-state index in [1.165, 1.54) is 16.6 Å². The van der Waals surface area contributed by atoms with Crippen LogP contribution in [0.25, 0.3) is 17.1 Å². The standard InChI is InChI=1S/C30H31N5OS2/c1-19-9-8-10-20(15-19)27-33-34-29(35(27)22-11-6-5-7-12-22)37-18-26(36)32-28-24(17-31)23-14-13-21(30(2,3)4)16-25(23)38-28/h5-12,15,21H,13-14,16,18H2,1-4H3,(H,32,36)/t21-/m0/s1. The van der Waals surface area contributed by atoms with E-state index in [0.29, 0.717) is 21.6 Å². The van der Waals surface area contributed by atoms with Gasteiger partial charge in [-0.15, -0.1) is 21.5 Å². The molecule has 38 heavy (non-hydrogen) atoms. The molecule has 2 heterocycles. The maximum atomic E-state index is 13.1. The van der Waals surface area contributed by atoms with Crippen molar-refractivity contribution in [3.63, 3.8) is 0 Å². The van der Waals surface area contributed by atoms with Crippen LogP contribution in [-0.2, 0) is 17.6 Å². The predicted molar refractivity (Wildman–Crippen MR) is 155 cm³/mol. The molecule has 1 atom stereocenters. The molecule has 1 aliphatic carbocycles. The van der Waals surface area contributed by atoms with Crippen molar-refractivity contribution in [1.82, 2.24) is 14.8 Å². The van der Waals surface area contributed by atoms with E-state index in [4.69, 9.17) is 0 Å². The number of nitrogens with one attached hydrogen (secondary N) is 1. The number of rotatable bonds is 6. The highest BCUT2D eigenvalue weighted by Gasteiger charge is 2.32. The van der Waals surface area contributed by atoms with Gasteiger partial charge in [0.25, 0.3) is 0 Å². The molecule has 0 fully saturated rings. The van der Waals surface area contributed by atoms with Gasteiger partial charge >= 0.3 is 0 Å². The molecule has 6 nitrogen and oxygen atoms in total. The summed E-state index contributed by atoms with van der Waals surface area (Å²) in [5.41, 5.74) is 5.01. The fourth-order valence-corrected chi connectivity index (χ4v) is 7.01. The van der Waals surface area contributed by atoms with Crippen LogP contribution in [0.1, 0.15) is 48.8 Å². The number of aryl methyl sites for hydroxylation is 1. The first-order valence-corrected chi connectivity index (χ1v) is 14.6. The fraction of sp³-hybridized carbons (Fsp3) is 0.333. The number of amides is 1. The van der Waals surface area contributed by atoms with Crippen LogP contribution in [0.2, 0.25) is 0 Å². The number of aromatic nitrogens is 3. The first kappa shape index (κ1) is 26.2. The highest BCUT2D eigenvalue weighted by atomic mass is 32.2. The number of benzene rings is 2. The molecule has 0 radical (unpaired) electrons. The molecule has 5 rings (SSSR count). The number of para-hydroxylation sites is 1. The topological polar surface area (TPSA) is 83.6 Å². The van der Waals surface area contributed by atoms with Crippen LogP contribution in [0.15, 0.2) is 59.8 Å². The molecule has 0 saturated heterocycles. The normalized spacial score (nSPS) is 15.1. The van der Waals surface area contributed by atoms with Crippen LogP contribution in [0.4, 0.5) is 5.00 Å². The lowest BCUT2D eigenvalue weighted by molar-refractivity contribution is -0.113. The van der Waals surface area contributed by atoms with E-state index in [2.05, 4.69) is 48.4 Å². The van der Waals surface area contributed by atoms with Gasteiger partial charge in [-0.25, -0.2) is 0 Å². The third-order valence-electron chi connectivity index (χ3n) is 7.11. The maximum Gasteiger partial charge on any atom is 0.235 e. The van der Waals surface area contributed by atoms with Crippen molar-refractivity contribution in [1.29, 1.82) is 5.26 Å². The average Bonchev–Trinajstić information content (AvgIpc) is 3.47. The zero-order valence-electron chi connectivity index (χ0n) is 22.1. The Morgan fingerprint density at radius 2 is 1.97 bits per heavy atom. The van der Waals surface area contributed by atoms with E-state index in [0.717, 1.165) is 47.5 Å². The molecule has 4 aromatic rings. The van der Waals surface area contributed by atoms with Gasteiger partial charge in [-0.05, 0) is 61.3 Å². The summed E-state index contributed by atoms with van der Waals surface area (Å²) in [6.07, 6.45) is 2.93. The van der Waals surface area contributed by atoms with Crippen LogP contribution in [0.3, 0.4) is 0 Å². The van der Waals surface area contributed by atoms with Gasteiger partial charge in [-0.2, -0.15) is 5.26 Å².